The molecule has 14 heavy (non-hydrogen) atoms. The van der Waals surface area contributed by atoms with Crippen LogP contribution in [0.3, 0.4) is 0 Å². The number of carbonyl (C=O) groups excluding carboxylic acids is 1. The standard InChI is InChI=1S/C11H14N2O/c1-8-3-5-10(6-4-8)13-9(2)7-12-11(13)14/h3-6,9H,7H2,1-2H3,(H,12,14)/t9-/m1/s1. The van der Waals surface area contributed by atoms with Crippen LogP contribution in [0.1, 0.15) is 12.5 Å². The first-order chi connectivity index (χ1) is 6.68. The third kappa shape index (κ3) is 1.45. The number of carbonyl (C=O) groups is 1. The number of hydrogen-bond donors (Lipinski definition) is 1. The molecule has 1 aromatic rings. The van der Waals surface area contributed by atoms with Crippen molar-refractivity contribution in [3.8, 4) is 0 Å². The van der Waals surface area contributed by atoms with Crippen molar-refractivity contribution in [2.45, 2.75) is 19.9 Å². The molecule has 0 bridgehead atoms. The Labute approximate surface area is 83.7 Å². The van der Waals surface area contributed by atoms with Gasteiger partial charge >= 0.3 is 6.03 Å². The van der Waals surface area contributed by atoms with Crippen LogP contribution in [0.5, 0.6) is 0 Å². The lowest BCUT2D eigenvalue weighted by Crippen LogP contribution is -2.32. The second-order valence-corrected chi connectivity index (χ2v) is 3.74. The first kappa shape index (κ1) is 9.06. The normalized spacial score (nSPS) is 21.1. The smallest absolute Gasteiger partial charge is 0.322 e. The van der Waals surface area contributed by atoms with Crippen LogP contribution < -0.4 is 10.2 Å². The summed E-state index contributed by atoms with van der Waals surface area (Å²) in [6.45, 7) is 4.81. The number of nitrogens with zero attached hydrogens (tertiary/aromatic N) is 1. The lowest BCUT2D eigenvalue weighted by atomic mass is 10.2. The molecule has 2 rings (SSSR count). The number of aryl methyl sites for hydroxylation is 1. The number of rotatable bonds is 1. The minimum absolute atomic E-state index is 0.00125. The Bertz CT molecular complexity index is 345. The second kappa shape index (κ2) is 3.33. The molecule has 1 aliphatic rings. The van der Waals surface area contributed by atoms with E-state index in [0.29, 0.717) is 0 Å². The van der Waals surface area contributed by atoms with E-state index in [1.165, 1.54) is 5.56 Å². The maximum atomic E-state index is 11.5. The van der Waals surface area contributed by atoms with Crippen molar-refractivity contribution in [2.24, 2.45) is 0 Å². The molecule has 0 spiro atoms. The van der Waals surface area contributed by atoms with Crippen LogP contribution in [0.25, 0.3) is 0 Å². The van der Waals surface area contributed by atoms with Crippen LogP contribution in [0.4, 0.5) is 10.5 Å². The topological polar surface area (TPSA) is 32.3 Å². The van der Waals surface area contributed by atoms with Gasteiger partial charge in [-0.1, -0.05) is 17.7 Å². The van der Waals surface area contributed by atoms with Gasteiger partial charge < -0.3 is 5.32 Å². The molecule has 3 heteroatoms. The van der Waals surface area contributed by atoms with E-state index in [1.54, 1.807) is 4.90 Å². The summed E-state index contributed by atoms with van der Waals surface area (Å²) >= 11 is 0. The summed E-state index contributed by atoms with van der Waals surface area (Å²) in [4.78, 5) is 13.3. The summed E-state index contributed by atoms with van der Waals surface area (Å²) in [5.41, 5.74) is 2.18. The summed E-state index contributed by atoms with van der Waals surface area (Å²) in [6, 6.07) is 8.25. The summed E-state index contributed by atoms with van der Waals surface area (Å²) < 4.78 is 0. The Balaban J connectivity index is 2.30. The first-order valence-electron chi connectivity index (χ1n) is 4.82. The van der Waals surface area contributed by atoms with Crippen molar-refractivity contribution in [1.29, 1.82) is 0 Å². The predicted octanol–water partition coefficient (Wildman–Crippen LogP) is 1.91. The van der Waals surface area contributed by atoms with Crippen LogP contribution >= 0.6 is 0 Å². The number of anilines is 1. The average Bonchev–Trinajstić information content (AvgIpc) is 2.49. The number of nitrogens with one attached hydrogen (secondary N) is 1. The predicted molar refractivity (Wildman–Crippen MR) is 56.5 cm³/mol. The molecule has 74 valence electrons. The van der Waals surface area contributed by atoms with E-state index in [9.17, 15) is 4.79 Å². The highest BCUT2D eigenvalue weighted by Crippen LogP contribution is 2.20. The van der Waals surface area contributed by atoms with Gasteiger partial charge in [0.05, 0.1) is 6.04 Å². The Morgan fingerprint density at radius 3 is 2.50 bits per heavy atom. The van der Waals surface area contributed by atoms with Crippen molar-refractivity contribution >= 4 is 11.7 Å². The zero-order valence-electron chi connectivity index (χ0n) is 8.45. The van der Waals surface area contributed by atoms with Crippen LogP contribution in [0.2, 0.25) is 0 Å². The van der Waals surface area contributed by atoms with E-state index in [0.717, 1.165) is 12.2 Å². The van der Waals surface area contributed by atoms with Crippen molar-refractivity contribution < 1.29 is 4.79 Å². The third-order valence-electron chi connectivity index (χ3n) is 2.52. The van der Waals surface area contributed by atoms with Crippen LogP contribution in [0, 0.1) is 6.92 Å². The van der Waals surface area contributed by atoms with Gasteiger partial charge in [0, 0.05) is 12.2 Å². The fraction of sp³-hybridized carbons (Fsp3) is 0.364. The first-order valence-corrected chi connectivity index (χ1v) is 4.82. The minimum atomic E-state index is 0.00125. The van der Waals surface area contributed by atoms with Gasteiger partial charge in [-0.3, -0.25) is 4.90 Å². The summed E-state index contributed by atoms with van der Waals surface area (Å²) in [5, 5.41) is 2.82. The molecule has 0 saturated carbocycles. The molecule has 1 aromatic carbocycles. The van der Waals surface area contributed by atoms with Crippen LogP contribution in [-0.4, -0.2) is 18.6 Å². The molecule has 0 radical (unpaired) electrons. The molecule has 2 amide bonds. The zero-order chi connectivity index (χ0) is 10.1. The SMILES string of the molecule is Cc1ccc(N2C(=O)NC[C@H]2C)cc1. The molecule has 1 saturated heterocycles. The third-order valence-corrected chi connectivity index (χ3v) is 2.52. The monoisotopic (exact) mass is 190 g/mol. The van der Waals surface area contributed by atoms with Gasteiger partial charge in [-0.05, 0) is 26.0 Å². The molecule has 0 aliphatic carbocycles. The largest absolute Gasteiger partial charge is 0.336 e. The molecule has 0 aromatic heterocycles. The average molecular weight is 190 g/mol. The summed E-state index contributed by atoms with van der Waals surface area (Å²) in [7, 11) is 0. The fourth-order valence-corrected chi connectivity index (χ4v) is 1.69. The van der Waals surface area contributed by atoms with E-state index < -0.39 is 0 Å². The Kier molecular flexibility index (Phi) is 2.15. The highest BCUT2D eigenvalue weighted by molar-refractivity contribution is 5.94. The van der Waals surface area contributed by atoms with Gasteiger partial charge in [-0.15, -0.1) is 0 Å². The van der Waals surface area contributed by atoms with Gasteiger partial charge in [0.25, 0.3) is 0 Å². The number of amides is 2. The van der Waals surface area contributed by atoms with E-state index in [4.69, 9.17) is 0 Å². The van der Waals surface area contributed by atoms with Crippen molar-refractivity contribution in [3.05, 3.63) is 29.8 Å². The molecule has 1 fully saturated rings. The molecular formula is C11H14N2O. The van der Waals surface area contributed by atoms with Gasteiger partial charge in [0.1, 0.15) is 0 Å². The molecular weight excluding hydrogens is 176 g/mol. The lowest BCUT2D eigenvalue weighted by molar-refractivity contribution is 0.252. The highest BCUT2D eigenvalue weighted by Gasteiger charge is 2.27. The van der Waals surface area contributed by atoms with Gasteiger partial charge in [0.15, 0.2) is 0 Å². The second-order valence-electron chi connectivity index (χ2n) is 3.74. The minimum Gasteiger partial charge on any atom is -0.336 e. The number of urea groups is 1. The van der Waals surface area contributed by atoms with Crippen LogP contribution in [0.15, 0.2) is 24.3 Å². The molecule has 1 aliphatic heterocycles. The fourth-order valence-electron chi connectivity index (χ4n) is 1.69. The van der Waals surface area contributed by atoms with Gasteiger partial charge in [-0.2, -0.15) is 0 Å². The summed E-state index contributed by atoms with van der Waals surface area (Å²) in [6.07, 6.45) is 0. The van der Waals surface area contributed by atoms with Crippen LogP contribution in [-0.2, 0) is 0 Å². The Morgan fingerprint density at radius 2 is 2.00 bits per heavy atom. The summed E-state index contributed by atoms with van der Waals surface area (Å²) in [5.74, 6) is 0. The van der Waals surface area contributed by atoms with Crippen molar-refractivity contribution in [2.75, 3.05) is 11.4 Å². The molecule has 1 N–H and O–H groups in total. The van der Waals surface area contributed by atoms with E-state index >= 15 is 0 Å². The molecule has 1 heterocycles. The number of benzene rings is 1. The Morgan fingerprint density at radius 1 is 1.36 bits per heavy atom. The maximum Gasteiger partial charge on any atom is 0.322 e. The molecule has 3 nitrogen and oxygen atoms in total. The number of hydrogen-bond acceptors (Lipinski definition) is 1. The zero-order valence-corrected chi connectivity index (χ0v) is 8.45. The van der Waals surface area contributed by atoms with E-state index in [-0.39, 0.29) is 12.1 Å². The Hall–Kier alpha value is -1.51. The van der Waals surface area contributed by atoms with E-state index in [2.05, 4.69) is 5.32 Å². The van der Waals surface area contributed by atoms with Gasteiger partial charge in [0.2, 0.25) is 0 Å². The highest BCUT2D eigenvalue weighted by atomic mass is 16.2. The lowest BCUT2D eigenvalue weighted by Gasteiger charge is -2.19. The van der Waals surface area contributed by atoms with Crippen molar-refractivity contribution in [3.63, 3.8) is 0 Å². The molecule has 1 atom stereocenters. The van der Waals surface area contributed by atoms with E-state index in [1.807, 2.05) is 38.1 Å². The van der Waals surface area contributed by atoms with Crippen molar-refractivity contribution in [1.82, 2.24) is 5.32 Å². The molecule has 0 unspecified atom stereocenters. The maximum absolute atomic E-state index is 11.5. The van der Waals surface area contributed by atoms with Gasteiger partial charge in [-0.25, -0.2) is 4.79 Å². The quantitative estimate of drug-likeness (QED) is 0.720.